The summed E-state index contributed by atoms with van der Waals surface area (Å²) in [6.07, 6.45) is -0.458. The van der Waals surface area contributed by atoms with Crippen LogP contribution in [0.15, 0.2) is 53.4 Å². The number of methoxy groups -OCH3 is 1. The molecule has 0 saturated carbocycles. The highest BCUT2D eigenvalue weighted by atomic mass is 32.2. The number of nitrogens with zero attached hydrogens (tertiary/aromatic N) is 2. The second kappa shape index (κ2) is 8.70. The molecule has 150 valence electrons. The maximum absolute atomic E-state index is 13.3. The molecule has 0 unspecified atom stereocenters. The van der Waals surface area contributed by atoms with Crippen LogP contribution in [-0.4, -0.2) is 39.1 Å². The van der Waals surface area contributed by atoms with Crippen molar-refractivity contribution >= 4 is 27.4 Å². The molecule has 0 N–H and O–H groups in total. The van der Waals surface area contributed by atoms with Gasteiger partial charge in [-0.2, -0.15) is 0 Å². The number of hydrogen-bond donors (Lipinski definition) is 0. The van der Waals surface area contributed by atoms with Crippen LogP contribution in [0.5, 0.6) is 5.75 Å². The lowest BCUT2D eigenvalue weighted by Crippen LogP contribution is -2.37. The first kappa shape index (κ1) is 21.2. The number of nitro benzene ring substituents is 1. The molecular weight excluding hydrogens is 388 g/mol. The monoisotopic (exact) mass is 408 g/mol. The van der Waals surface area contributed by atoms with Gasteiger partial charge in [0.1, 0.15) is 12.3 Å². The summed E-state index contributed by atoms with van der Waals surface area (Å²) in [6.45, 7) is 2.58. The number of ether oxygens (including phenoxy) is 2. The van der Waals surface area contributed by atoms with E-state index in [-0.39, 0.29) is 11.4 Å². The number of nitro groups is 1. The van der Waals surface area contributed by atoms with E-state index in [1.807, 2.05) is 0 Å². The highest BCUT2D eigenvalue weighted by Crippen LogP contribution is 2.34. The topological polar surface area (TPSA) is 116 Å². The number of carbonyl (C=O) groups excluding carboxylic acids is 1. The zero-order valence-electron chi connectivity index (χ0n) is 15.6. The predicted octanol–water partition coefficient (Wildman–Crippen LogP) is 2.75. The molecule has 0 amide bonds. The van der Waals surface area contributed by atoms with Crippen molar-refractivity contribution in [3.63, 3.8) is 0 Å². The van der Waals surface area contributed by atoms with Crippen LogP contribution in [-0.2, 0) is 19.6 Å². The van der Waals surface area contributed by atoms with Gasteiger partial charge >= 0.3 is 5.97 Å². The largest absolute Gasteiger partial charge is 0.495 e. The molecule has 0 atom stereocenters. The van der Waals surface area contributed by atoms with Gasteiger partial charge in [0, 0.05) is 6.07 Å². The molecule has 0 bridgehead atoms. The number of para-hydroxylation sites is 3. The minimum Gasteiger partial charge on any atom is -0.495 e. The molecule has 10 heteroatoms. The Labute approximate surface area is 162 Å². The minimum atomic E-state index is -4.48. The molecule has 2 aromatic rings. The first-order valence-electron chi connectivity index (χ1n) is 8.27. The molecule has 0 aliphatic carbocycles. The van der Waals surface area contributed by atoms with Crippen LogP contribution >= 0.6 is 0 Å². The van der Waals surface area contributed by atoms with E-state index in [0.717, 1.165) is 16.4 Å². The van der Waals surface area contributed by atoms with E-state index in [1.54, 1.807) is 26.0 Å². The fourth-order valence-corrected chi connectivity index (χ4v) is 4.08. The van der Waals surface area contributed by atoms with Gasteiger partial charge in [0.2, 0.25) is 0 Å². The number of hydrogen-bond acceptors (Lipinski definition) is 7. The summed E-state index contributed by atoms with van der Waals surface area (Å²) < 4.78 is 37.6. The fraction of sp³-hybridized carbons (Fsp3) is 0.278. The van der Waals surface area contributed by atoms with E-state index >= 15 is 0 Å². The Morgan fingerprint density at radius 1 is 1.14 bits per heavy atom. The third-order valence-corrected chi connectivity index (χ3v) is 5.43. The van der Waals surface area contributed by atoms with E-state index in [4.69, 9.17) is 9.47 Å². The Morgan fingerprint density at radius 3 is 2.36 bits per heavy atom. The van der Waals surface area contributed by atoms with Crippen LogP contribution in [0.4, 0.5) is 11.4 Å². The van der Waals surface area contributed by atoms with Crippen LogP contribution < -0.4 is 9.04 Å². The molecule has 0 saturated heterocycles. The number of benzene rings is 2. The second-order valence-electron chi connectivity index (χ2n) is 5.95. The molecule has 0 aliphatic rings. The van der Waals surface area contributed by atoms with Crippen molar-refractivity contribution in [2.75, 3.05) is 18.0 Å². The highest BCUT2D eigenvalue weighted by molar-refractivity contribution is 7.93. The molecular formula is C18H20N2O7S. The maximum atomic E-state index is 13.3. The normalized spacial score (nSPS) is 11.1. The first-order valence-corrected chi connectivity index (χ1v) is 9.71. The van der Waals surface area contributed by atoms with Crippen LogP contribution in [0.25, 0.3) is 0 Å². The van der Waals surface area contributed by atoms with E-state index in [1.165, 1.54) is 31.4 Å². The molecule has 2 aromatic carbocycles. The van der Waals surface area contributed by atoms with Crippen molar-refractivity contribution in [1.82, 2.24) is 0 Å². The van der Waals surface area contributed by atoms with Crippen LogP contribution in [0.3, 0.4) is 0 Å². The zero-order valence-corrected chi connectivity index (χ0v) is 16.4. The third-order valence-electron chi connectivity index (χ3n) is 3.62. The Balaban J connectivity index is 2.64. The number of rotatable bonds is 8. The van der Waals surface area contributed by atoms with E-state index in [0.29, 0.717) is 0 Å². The molecule has 0 radical (unpaired) electrons. The minimum absolute atomic E-state index is 0.0591. The van der Waals surface area contributed by atoms with Gasteiger partial charge in [-0.15, -0.1) is 0 Å². The van der Waals surface area contributed by atoms with Crippen LogP contribution in [0, 0.1) is 10.1 Å². The van der Waals surface area contributed by atoms with Gasteiger partial charge in [-0.25, -0.2) is 8.42 Å². The summed E-state index contributed by atoms with van der Waals surface area (Å²) in [5.41, 5.74) is -0.538. The Hall–Kier alpha value is -3.14. The molecule has 0 fully saturated rings. The first-order chi connectivity index (χ1) is 13.2. The van der Waals surface area contributed by atoms with Crippen molar-refractivity contribution in [2.24, 2.45) is 0 Å². The number of anilines is 1. The maximum Gasteiger partial charge on any atom is 0.327 e. The summed E-state index contributed by atoms with van der Waals surface area (Å²) in [6, 6.07) is 11.1. The molecule has 0 aliphatic heterocycles. The molecule has 2 rings (SSSR count). The highest BCUT2D eigenvalue weighted by Gasteiger charge is 2.34. The molecule has 0 aromatic heterocycles. The smallest absolute Gasteiger partial charge is 0.327 e. The van der Waals surface area contributed by atoms with Crippen molar-refractivity contribution in [3.05, 3.63) is 58.6 Å². The fourth-order valence-electron chi connectivity index (χ4n) is 2.50. The Bertz CT molecular complexity index is 973. The van der Waals surface area contributed by atoms with Crippen molar-refractivity contribution in [3.8, 4) is 5.75 Å². The van der Waals surface area contributed by atoms with Crippen LogP contribution in [0.1, 0.15) is 13.8 Å². The van der Waals surface area contributed by atoms with E-state index in [2.05, 4.69) is 0 Å². The quantitative estimate of drug-likeness (QED) is 0.374. The SMILES string of the molecule is COc1ccccc1N(CC(=O)OC(C)C)S(=O)(=O)c1ccccc1[N+](=O)[O-]. The van der Waals surface area contributed by atoms with Gasteiger partial charge in [0.25, 0.3) is 15.7 Å². The summed E-state index contributed by atoms with van der Waals surface area (Å²) in [5, 5.41) is 11.3. The average molecular weight is 408 g/mol. The lowest BCUT2D eigenvalue weighted by Gasteiger charge is -2.25. The van der Waals surface area contributed by atoms with Crippen molar-refractivity contribution in [2.45, 2.75) is 24.8 Å². The van der Waals surface area contributed by atoms with Crippen molar-refractivity contribution in [1.29, 1.82) is 0 Å². The van der Waals surface area contributed by atoms with Gasteiger partial charge < -0.3 is 9.47 Å². The van der Waals surface area contributed by atoms with Crippen molar-refractivity contribution < 1.29 is 27.6 Å². The Morgan fingerprint density at radius 2 is 1.75 bits per heavy atom. The summed E-state index contributed by atoms with van der Waals surface area (Å²) in [4.78, 5) is 22.2. The van der Waals surface area contributed by atoms with Gasteiger partial charge in [0.15, 0.2) is 4.90 Å². The second-order valence-corrected chi connectivity index (χ2v) is 7.78. The predicted molar refractivity (Wildman–Crippen MR) is 102 cm³/mol. The van der Waals surface area contributed by atoms with Gasteiger partial charge in [-0.05, 0) is 32.0 Å². The number of sulfonamides is 1. The number of esters is 1. The summed E-state index contributed by atoms with van der Waals surface area (Å²) in [5.74, 6) is -0.620. The van der Waals surface area contributed by atoms with Gasteiger partial charge in [-0.3, -0.25) is 19.2 Å². The lowest BCUT2D eigenvalue weighted by atomic mass is 10.3. The van der Waals surface area contributed by atoms with Crippen LogP contribution in [0.2, 0.25) is 0 Å². The third kappa shape index (κ3) is 4.58. The lowest BCUT2D eigenvalue weighted by molar-refractivity contribution is -0.387. The molecule has 0 spiro atoms. The average Bonchev–Trinajstić information content (AvgIpc) is 2.65. The van der Waals surface area contributed by atoms with Gasteiger partial charge in [-0.1, -0.05) is 24.3 Å². The molecule has 28 heavy (non-hydrogen) atoms. The molecule has 0 heterocycles. The Kier molecular flexibility index (Phi) is 6.57. The van der Waals surface area contributed by atoms with E-state index in [9.17, 15) is 23.3 Å². The molecule has 9 nitrogen and oxygen atoms in total. The zero-order chi connectivity index (χ0) is 20.9. The summed E-state index contributed by atoms with van der Waals surface area (Å²) in [7, 11) is -3.13. The van der Waals surface area contributed by atoms with Gasteiger partial charge in [0.05, 0.1) is 23.8 Å². The standard InChI is InChI=1S/C18H20N2O7S/c1-13(2)27-18(21)12-19(14-8-4-6-10-16(14)26-3)28(24,25)17-11-7-5-9-15(17)20(22)23/h4-11,13H,12H2,1-3H3. The summed E-state index contributed by atoms with van der Waals surface area (Å²) >= 11 is 0. The number of carbonyl (C=O) groups is 1. The van der Waals surface area contributed by atoms with E-state index < -0.39 is 44.1 Å².